The van der Waals surface area contributed by atoms with E-state index in [9.17, 15) is 14.0 Å². The number of benzene rings is 2. The van der Waals surface area contributed by atoms with Crippen LogP contribution in [0.4, 0.5) is 14.9 Å². The van der Waals surface area contributed by atoms with E-state index in [1.807, 2.05) is 24.3 Å². The summed E-state index contributed by atoms with van der Waals surface area (Å²) in [7, 11) is 0. The van der Waals surface area contributed by atoms with E-state index in [4.69, 9.17) is 4.74 Å². The van der Waals surface area contributed by atoms with Gasteiger partial charge in [0, 0.05) is 12.5 Å². The summed E-state index contributed by atoms with van der Waals surface area (Å²) in [4.78, 5) is 26.0. The number of carbonyl (C=O) groups excluding carboxylic acids is 2. The second kappa shape index (κ2) is 8.50. The van der Waals surface area contributed by atoms with Crippen LogP contribution >= 0.6 is 0 Å². The van der Waals surface area contributed by atoms with Gasteiger partial charge in [-0.05, 0) is 41.5 Å². The fourth-order valence-electron chi connectivity index (χ4n) is 3.35. The second-order valence-electron chi connectivity index (χ2n) is 7.28. The first kappa shape index (κ1) is 20.5. The largest absolute Gasteiger partial charge is 0.442 e. The molecule has 3 aromatic rings. The fourth-order valence-corrected chi connectivity index (χ4v) is 3.35. The molecule has 2 heterocycles. The third kappa shape index (κ3) is 4.68. The highest BCUT2D eigenvalue weighted by Gasteiger charge is 2.32. The number of halogens is 1. The first-order chi connectivity index (χ1) is 14.9. The maximum absolute atomic E-state index is 14.8. The van der Waals surface area contributed by atoms with Crippen LogP contribution < -0.4 is 10.2 Å². The van der Waals surface area contributed by atoms with Crippen molar-refractivity contribution in [2.45, 2.75) is 26.5 Å². The molecule has 10 heteroatoms. The summed E-state index contributed by atoms with van der Waals surface area (Å²) in [6.45, 7) is 4.08. The van der Waals surface area contributed by atoms with E-state index in [1.54, 1.807) is 19.1 Å². The number of hydrogen-bond donors (Lipinski definition) is 1. The molecule has 0 saturated carbocycles. The summed E-state index contributed by atoms with van der Waals surface area (Å²) in [6.07, 6.45) is -1.04. The third-order valence-corrected chi connectivity index (χ3v) is 4.86. The van der Waals surface area contributed by atoms with Crippen molar-refractivity contribution in [2.24, 2.45) is 0 Å². The quantitative estimate of drug-likeness (QED) is 0.652. The van der Waals surface area contributed by atoms with Crippen LogP contribution in [0.2, 0.25) is 0 Å². The Morgan fingerprint density at radius 1 is 1.26 bits per heavy atom. The van der Waals surface area contributed by atoms with E-state index in [2.05, 4.69) is 20.7 Å². The molecule has 1 fully saturated rings. The Morgan fingerprint density at radius 2 is 2.03 bits per heavy atom. The van der Waals surface area contributed by atoms with Crippen molar-refractivity contribution in [3.63, 3.8) is 0 Å². The van der Waals surface area contributed by atoms with Gasteiger partial charge in [0.1, 0.15) is 11.9 Å². The SMILES string of the molecule is CC(=O)NCC1CN(c2ccc(-c3ccc(Cn4nnc(C)n4)cc3)c(F)c2)C(=O)O1. The summed E-state index contributed by atoms with van der Waals surface area (Å²) in [6, 6.07) is 12.0. The van der Waals surface area contributed by atoms with E-state index in [1.165, 1.54) is 22.7 Å². The predicted molar refractivity (Wildman–Crippen MR) is 110 cm³/mol. The van der Waals surface area contributed by atoms with Gasteiger partial charge in [-0.25, -0.2) is 9.18 Å². The Bertz CT molecular complexity index is 1110. The molecule has 0 bridgehead atoms. The van der Waals surface area contributed by atoms with Gasteiger partial charge in [0.25, 0.3) is 0 Å². The van der Waals surface area contributed by atoms with Crippen LogP contribution in [0.15, 0.2) is 42.5 Å². The summed E-state index contributed by atoms with van der Waals surface area (Å²) in [5, 5.41) is 14.5. The van der Waals surface area contributed by atoms with Gasteiger partial charge in [0.15, 0.2) is 5.82 Å². The molecule has 2 amide bonds. The summed E-state index contributed by atoms with van der Waals surface area (Å²) in [5.41, 5.74) is 2.50. The van der Waals surface area contributed by atoms with Crippen molar-refractivity contribution < 1.29 is 18.7 Å². The van der Waals surface area contributed by atoms with Crippen LogP contribution in [0, 0.1) is 12.7 Å². The van der Waals surface area contributed by atoms with E-state index in [0.29, 0.717) is 29.2 Å². The van der Waals surface area contributed by atoms with Crippen molar-refractivity contribution in [1.82, 2.24) is 25.5 Å². The van der Waals surface area contributed by atoms with Gasteiger partial charge < -0.3 is 10.1 Å². The zero-order valence-corrected chi connectivity index (χ0v) is 17.1. The summed E-state index contributed by atoms with van der Waals surface area (Å²) < 4.78 is 20.1. The van der Waals surface area contributed by atoms with Gasteiger partial charge in [-0.3, -0.25) is 9.69 Å². The number of ether oxygens (including phenoxy) is 1. The van der Waals surface area contributed by atoms with Gasteiger partial charge in [-0.2, -0.15) is 4.80 Å². The molecule has 0 radical (unpaired) electrons. The number of nitrogens with zero attached hydrogens (tertiary/aromatic N) is 5. The first-order valence-electron chi connectivity index (χ1n) is 9.75. The number of nitrogens with one attached hydrogen (secondary N) is 1. The molecule has 0 spiro atoms. The highest BCUT2D eigenvalue weighted by molar-refractivity contribution is 5.90. The number of rotatable bonds is 6. The molecular formula is C21H21FN6O3. The highest BCUT2D eigenvalue weighted by Crippen LogP contribution is 2.29. The molecule has 160 valence electrons. The number of carbonyl (C=O) groups is 2. The minimum Gasteiger partial charge on any atom is -0.442 e. The molecule has 1 saturated heterocycles. The molecule has 4 rings (SSSR count). The zero-order valence-electron chi connectivity index (χ0n) is 17.1. The molecule has 9 nitrogen and oxygen atoms in total. The van der Waals surface area contributed by atoms with E-state index in [0.717, 1.165) is 5.56 Å². The average molecular weight is 424 g/mol. The first-order valence-corrected chi connectivity index (χ1v) is 9.75. The molecule has 1 aromatic heterocycles. The van der Waals surface area contributed by atoms with Gasteiger partial charge in [-0.1, -0.05) is 24.3 Å². The second-order valence-corrected chi connectivity index (χ2v) is 7.28. The zero-order chi connectivity index (χ0) is 22.0. The molecule has 1 N–H and O–H groups in total. The van der Waals surface area contributed by atoms with Gasteiger partial charge in [0.2, 0.25) is 5.91 Å². The van der Waals surface area contributed by atoms with Gasteiger partial charge in [0.05, 0.1) is 25.3 Å². The molecule has 0 aliphatic carbocycles. The van der Waals surface area contributed by atoms with Gasteiger partial charge >= 0.3 is 6.09 Å². The lowest BCUT2D eigenvalue weighted by molar-refractivity contribution is -0.119. The van der Waals surface area contributed by atoms with Crippen molar-refractivity contribution in [3.8, 4) is 11.1 Å². The van der Waals surface area contributed by atoms with Crippen LogP contribution in [0.3, 0.4) is 0 Å². The van der Waals surface area contributed by atoms with E-state index >= 15 is 0 Å². The minimum atomic E-state index is -0.566. The van der Waals surface area contributed by atoms with Crippen molar-refractivity contribution in [2.75, 3.05) is 18.0 Å². The van der Waals surface area contributed by atoms with Crippen LogP contribution in [0.5, 0.6) is 0 Å². The number of amides is 2. The molecule has 31 heavy (non-hydrogen) atoms. The maximum atomic E-state index is 14.8. The number of aryl methyl sites for hydroxylation is 1. The topological polar surface area (TPSA) is 102 Å². The fraction of sp³-hybridized carbons (Fsp3) is 0.286. The molecule has 1 aliphatic rings. The monoisotopic (exact) mass is 424 g/mol. The highest BCUT2D eigenvalue weighted by atomic mass is 19.1. The lowest BCUT2D eigenvalue weighted by atomic mass is 10.0. The molecular weight excluding hydrogens is 403 g/mol. The Kier molecular flexibility index (Phi) is 5.61. The third-order valence-electron chi connectivity index (χ3n) is 4.86. The number of cyclic esters (lactones) is 1. The van der Waals surface area contributed by atoms with Crippen molar-refractivity contribution >= 4 is 17.7 Å². The summed E-state index contributed by atoms with van der Waals surface area (Å²) in [5.74, 6) is -0.0531. The Labute approximate surface area is 177 Å². The van der Waals surface area contributed by atoms with Crippen LogP contribution in [-0.2, 0) is 16.1 Å². The minimum absolute atomic E-state index is 0.205. The predicted octanol–water partition coefficient (Wildman–Crippen LogP) is 2.30. The van der Waals surface area contributed by atoms with Crippen LogP contribution in [0.25, 0.3) is 11.1 Å². The van der Waals surface area contributed by atoms with Crippen molar-refractivity contribution in [1.29, 1.82) is 0 Å². The van der Waals surface area contributed by atoms with Gasteiger partial charge in [-0.15, -0.1) is 10.2 Å². The smallest absolute Gasteiger partial charge is 0.414 e. The average Bonchev–Trinajstić information content (AvgIpc) is 3.32. The van der Waals surface area contributed by atoms with E-state index in [-0.39, 0.29) is 19.0 Å². The number of hydrogen-bond acceptors (Lipinski definition) is 6. The maximum Gasteiger partial charge on any atom is 0.414 e. The normalized spacial score (nSPS) is 15.8. The van der Waals surface area contributed by atoms with Crippen LogP contribution in [-0.4, -0.2) is 51.4 Å². The molecule has 1 unspecified atom stereocenters. The molecule has 2 aromatic carbocycles. The number of aromatic nitrogens is 4. The summed E-state index contributed by atoms with van der Waals surface area (Å²) >= 11 is 0. The van der Waals surface area contributed by atoms with Crippen molar-refractivity contribution in [3.05, 3.63) is 59.7 Å². The molecule has 1 aliphatic heterocycles. The Morgan fingerprint density at radius 3 is 2.68 bits per heavy atom. The number of tetrazole rings is 1. The van der Waals surface area contributed by atoms with E-state index < -0.39 is 18.0 Å². The number of anilines is 1. The van der Waals surface area contributed by atoms with Crippen LogP contribution in [0.1, 0.15) is 18.3 Å². The Balaban J connectivity index is 1.46. The molecule has 1 atom stereocenters. The standard InChI is InChI=1S/C21H21FN6O3/c1-13-24-26-28(25-13)11-15-3-5-16(6-4-15)19-8-7-17(9-20(19)22)27-12-18(31-21(27)30)10-23-14(2)29/h3-9,18H,10-12H2,1-2H3,(H,23,29). The lowest BCUT2D eigenvalue weighted by Crippen LogP contribution is -2.33. The Hall–Kier alpha value is -3.82. The lowest BCUT2D eigenvalue weighted by Gasteiger charge is -2.14.